The van der Waals surface area contributed by atoms with Crippen LogP contribution in [-0.2, 0) is 6.42 Å². The van der Waals surface area contributed by atoms with Crippen LogP contribution < -0.4 is 20.5 Å². The van der Waals surface area contributed by atoms with E-state index in [0.717, 1.165) is 30.5 Å². The second-order valence-electron chi connectivity index (χ2n) is 6.69. The topological polar surface area (TPSA) is 107 Å². The molecule has 8 heteroatoms. The number of aliphatic hydroxyl groups excluding tert-OH is 1. The maximum absolute atomic E-state index is 12.8. The number of thiophene rings is 1. The molecule has 0 saturated carbocycles. The number of aromatic nitrogens is 1. The molecule has 1 aliphatic carbocycles. The van der Waals surface area contributed by atoms with Crippen LogP contribution in [0.2, 0.25) is 0 Å². The summed E-state index contributed by atoms with van der Waals surface area (Å²) in [5, 5.41) is 13.8. The second kappa shape index (κ2) is 7.29. The molecule has 1 aliphatic rings. The lowest BCUT2D eigenvalue weighted by Crippen LogP contribution is -2.12. The number of anilines is 2. The summed E-state index contributed by atoms with van der Waals surface area (Å²) in [7, 11) is 3.10. The molecule has 146 valence electrons. The van der Waals surface area contributed by atoms with E-state index in [4.69, 9.17) is 15.2 Å². The number of hydrogen-bond donors (Lipinski definition) is 3. The number of nitrogens with one attached hydrogen (secondary N) is 1. The molecule has 2 heterocycles. The van der Waals surface area contributed by atoms with Crippen molar-refractivity contribution in [3.05, 3.63) is 40.4 Å². The van der Waals surface area contributed by atoms with Gasteiger partial charge < -0.3 is 25.6 Å². The molecule has 4 N–H and O–H groups in total. The number of fused-ring (bicyclic) bond motifs is 2. The number of nitrogen functional groups attached to an aromatic ring is 1. The van der Waals surface area contributed by atoms with Gasteiger partial charge >= 0.3 is 0 Å². The average Bonchev–Trinajstić information content (AvgIpc) is 3.02. The van der Waals surface area contributed by atoms with Gasteiger partial charge in [-0.3, -0.25) is 4.79 Å². The summed E-state index contributed by atoms with van der Waals surface area (Å²) >= 11 is 1.25. The zero-order valence-corrected chi connectivity index (χ0v) is 16.4. The van der Waals surface area contributed by atoms with Crippen LogP contribution in [0.25, 0.3) is 10.2 Å². The summed E-state index contributed by atoms with van der Waals surface area (Å²) in [5.74, 6) is 0.818. The minimum Gasteiger partial charge on any atom is -0.497 e. The lowest BCUT2D eigenvalue weighted by atomic mass is 9.93. The van der Waals surface area contributed by atoms with Crippen molar-refractivity contribution in [3.63, 3.8) is 0 Å². The number of methoxy groups -OCH3 is 2. The molecule has 2 aromatic heterocycles. The van der Waals surface area contributed by atoms with Gasteiger partial charge in [-0.05, 0) is 25.3 Å². The van der Waals surface area contributed by atoms with Gasteiger partial charge in [0.15, 0.2) is 0 Å². The molecule has 0 saturated heterocycles. The number of rotatable bonds is 4. The Balaban J connectivity index is 1.69. The Morgan fingerprint density at radius 2 is 1.96 bits per heavy atom. The number of aryl methyl sites for hydroxylation is 1. The van der Waals surface area contributed by atoms with Gasteiger partial charge in [-0.25, -0.2) is 4.98 Å². The summed E-state index contributed by atoms with van der Waals surface area (Å²) in [4.78, 5) is 18.6. The van der Waals surface area contributed by atoms with E-state index in [2.05, 4.69) is 10.3 Å². The van der Waals surface area contributed by atoms with Crippen molar-refractivity contribution in [2.24, 2.45) is 0 Å². The van der Waals surface area contributed by atoms with E-state index in [1.807, 2.05) is 6.07 Å². The fraction of sp³-hybridized carbons (Fsp3) is 0.300. The first kappa shape index (κ1) is 18.5. The largest absolute Gasteiger partial charge is 0.497 e. The third kappa shape index (κ3) is 3.25. The van der Waals surface area contributed by atoms with Gasteiger partial charge in [0.25, 0.3) is 5.91 Å². The summed E-state index contributed by atoms with van der Waals surface area (Å²) in [5.41, 5.74) is 8.88. The molecule has 0 bridgehead atoms. The normalized spacial score (nSPS) is 15.9. The number of amides is 1. The van der Waals surface area contributed by atoms with E-state index >= 15 is 0 Å². The van der Waals surface area contributed by atoms with Crippen LogP contribution in [0.1, 0.15) is 39.9 Å². The zero-order valence-electron chi connectivity index (χ0n) is 15.6. The maximum atomic E-state index is 12.8. The maximum Gasteiger partial charge on any atom is 0.267 e. The Labute approximate surface area is 166 Å². The van der Waals surface area contributed by atoms with Crippen molar-refractivity contribution < 1.29 is 19.4 Å². The molecule has 3 aromatic rings. The SMILES string of the molecule is COc1cc(NC(=O)c2sc3nc4c(cc3c2N)C(O)CCC4)cc(OC)c1. The number of aliphatic hydroxyl groups is 1. The highest BCUT2D eigenvalue weighted by Gasteiger charge is 2.24. The molecule has 0 radical (unpaired) electrons. The van der Waals surface area contributed by atoms with E-state index < -0.39 is 6.10 Å². The quantitative estimate of drug-likeness (QED) is 0.620. The van der Waals surface area contributed by atoms with Gasteiger partial charge in [0.2, 0.25) is 0 Å². The average molecular weight is 399 g/mol. The third-order valence-electron chi connectivity index (χ3n) is 4.90. The summed E-state index contributed by atoms with van der Waals surface area (Å²) in [6.07, 6.45) is 1.92. The van der Waals surface area contributed by atoms with Crippen molar-refractivity contribution in [1.29, 1.82) is 0 Å². The Morgan fingerprint density at radius 3 is 2.64 bits per heavy atom. The molecule has 0 fully saturated rings. The highest BCUT2D eigenvalue weighted by molar-refractivity contribution is 7.21. The fourth-order valence-corrected chi connectivity index (χ4v) is 4.43. The number of benzene rings is 1. The minimum atomic E-state index is -0.526. The number of ether oxygens (including phenoxy) is 2. The molecular weight excluding hydrogens is 378 g/mol. The zero-order chi connectivity index (χ0) is 19.8. The molecule has 1 aromatic carbocycles. The number of carbonyl (C=O) groups excluding carboxylic acids is 1. The van der Waals surface area contributed by atoms with E-state index in [9.17, 15) is 9.90 Å². The Hall–Kier alpha value is -2.84. The van der Waals surface area contributed by atoms with Crippen molar-refractivity contribution in [2.45, 2.75) is 25.4 Å². The number of hydrogen-bond acceptors (Lipinski definition) is 7. The minimum absolute atomic E-state index is 0.325. The van der Waals surface area contributed by atoms with E-state index in [1.54, 1.807) is 32.4 Å². The molecule has 7 nitrogen and oxygen atoms in total. The summed E-state index contributed by atoms with van der Waals surface area (Å²) < 4.78 is 10.5. The second-order valence-corrected chi connectivity index (χ2v) is 7.68. The fourth-order valence-electron chi connectivity index (χ4n) is 3.44. The van der Waals surface area contributed by atoms with Crippen molar-refractivity contribution >= 4 is 38.8 Å². The molecule has 4 rings (SSSR count). The highest BCUT2D eigenvalue weighted by Crippen LogP contribution is 2.38. The molecule has 1 amide bonds. The van der Waals surface area contributed by atoms with Gasteiger partial charge in [0.05, 0.1) is 26.0 Å². The van der Waals surface area contributed by atoms with Gasteiger partial charge in [-0.1, -0.05) is 0 Å². The summed E-state index contributed by atoms with van der Waals surface area (Å²) in [6.45, 7) is 0. The number of carbonyl (C=O) groups is 1. The van der Waals surface area contributed by atoms with Crippen LogP contribution in [0.5, 0.6) is 11.5 Å². The van der Waals surface area contributed by atoms with Crippen molar-refractivity contribution in [2.75, 3.05) is 25.3 Å². The van der Waals surface area contributed by atoms with E-state index in [1.165, 1.54) is 11.3 Å². The number of nitrogens with zero attached hydrogens (tertiary/aromatic N) is 1. The van der Waals surface area contributed by atoms with E-state index in [-0.39, 0.29) is 5.91 Å². The molecular formula is C20H21N3O4S. The number of pyridine rings is 1. The van der Waals surface area contributed by atoms with Crippen LogP contribution in [0.3, 0.4) is 0 Å². The Bertz CT molecular complexity index is 1040. The molecule has 0 spiro atoms. The van der Waals surface area contributed by atoms with Crippen molar-refractivity contribution in [1.82, 2.24) is 4.98 Å². The Morgan fingerprint density at radius 1 is 1.25 bits per heavy atom. The van der Waals surface area contributed by atoms with Crippen LogP contribution in [0, 0.1) is 0 Å². The summed E-state index contributed by atoms with van der Waals surface area (Å²) in [6, 6.07) is 7.01. The highest BCUT2D eigenvalue weighted by atomic mass is 32.1. The molecule has 1 unspecified atom stereocenters. The first-order valence-corrected chi connectivity index (χ1v) is 9.76. The van der Waals surface area contributed by atoms with Crippen molar-refractivity contribution in [3.8, 4) is 11.5 Å². The Kier molecular flexibility index (Phi) is 4.82. The van der Waals surface area contributed by atoms with Gasteiger partial charge in [-0.2, -0.15) is 0 Å². The van der Waals surface area contributed by atoms with Crippen LogP contribution in [0.15, 0.2) is 24.3 Å². The van der Waals surface area contributed by atoms with Gasteiger partial charge in [-0.15, -0.1) is 11.3 Å². The van der Waals surface area contributed by atoms with E-state index in [0.29, 0.717) is 38.0 Å². The molecule has 28 heavy (non-hydrogen) atoms. The first-order chi connectivity index (χ1) is 13.5. The standard InChI is InChI=1S/C20H21N3O4S/c1-26-11-6-10(7-12(8-11)27-2)22-19(25)18-17(21)14-9-13-15(23-20(14)28-18)4-3-5-16(13)24/h6-9,16,24H,3-5,21H2,1-2H3,(H,22,25). The molecule has 0 aliphatic heterocycles. The smallest absolute Gasteiger partial charge is 0.267 e. The van der Waals surface area contributed by atoms with Crippen LogP contribution in [0.4, 0.5) is 11.4 Å². The predicted octanol–water partition coefficient (Wildman–Crippen LogP) is 3.52. The predicted molar refractivity (Wildman–Crippen MR) is 109 cm³/mol. The van der Waals surface area contributed by atoms with Crippen LogP contribution >= 0.6 is 11.3 Å². The number of nitrogens with two attached hydrogens (primary N) is 1. The third-order valence-corrected chi connectivity index (χ3v) is 6.01. The lowest BCUT2D eigenvalue weighted by molar-refractivity contribution is 0.103. The van der Waals surface area contributed by atoms with Gasteiger partial charge in [0, 0.05) is 40.5 Å². The first-order valence-electron chi connectivity index (χ1n) is 8.94. The monoisotopic (exact) mass is 399 g/mol. The lowest BCUT2D eigenvalue weighted by Gasteiger charge is -2.20. The van der Waals surface area contributed by atoms with Gasteiger partial charge in [0.1, 0.15) is 21.2 Å². The van der Waals surface area contributed by atoms with Crippen LogP contribution in [-0.4, -0.2) is 30.2 Å². The molecule has 1 atom stereocenters.